The molecule has 0 heterocycles. The lowest BCUT2D eigenvalue weighted by atomic mass is 10.1. The first-order chi connectivity index (χ1) is 11.5. The van der Waals surface area contributed by atoms with Crippen molar-refractivity contribution in [3.8, 4) is 0 Å². The maximum Gasteiger partial charge on any atom is 0.322 e. The summed E-state index contributed by atoms with van der Waals surface area (Å²) in [5, 5.41) is 5.92. The van der Waals surface area contributed by atoms with Gasteiger partial charge < -0.3 is 31.6 Å². The third-order valence-corrected chi connectivity index (χ3v) is 3.48. The maximum atomic E-state index is 11.0. The first-order valence-corrected chi connectivity index (χ1v) is 8.41. The Morgan fingerprint density at radius 1 is 0.960 bits per heavy atom. The summed E-state index contributed by atoms with van der Waals surface area (Å²) in [6, 6.07) is -0.631. The number of ether oxygens (including phenoxy) is 2. The van der Waals surface area contributed by atoms with E-state index in [1.54, 1.807) is 7.05 Å². The molecule has 2 unspecified atom stereocenters. The Morgan fingerprint density at radius 3 is 1.96 bits per heavy atom. The topological polar surface area (TPSA) is 129 Å². The number of likely N-dealkylation sites (N-methyl/N-ethyl adjacent to an activating group) is 1. The van der Waals surface area contributed by atoms with Gasteiger partial charge in [-0.15, -0.1) is 0 Å². The van der Waals surface area contributed by atoms with Crippen molar-refractivity contribution in [2.45, 2.75) is 58.0 Å². The second-order valence-corrected chi connectivity index (χ2v) is 5.38. The van der Waals surface area contributed by atoms with Gasteiger partial charge in [0.05, 0.1) is 14.2 Å². The van der Waals surface area contributed by atoms with Crippen molar-refractivity contribution in [3.05, 3.63) is 0 Å². The van der Waals surface area contributed by atoms with Gasteiger partial charge in [0.2, 0.25) is 0 Å². The quantitative estimate of drug-likeness (QED) is 0.289. The van der Waals surface area contributed by atoms with Crippen molar-refractivity contribution in [2.75, 3.05) is 41.4 Å². The highest BCUT2D eigenvalue weighted by Gasteiger charge is 2.15. The molecule has 2 atom stereocenters. The van der Waals surface area contributed by atoms with E-state index in [1.165, 1.54) is 14.2 Å². The van der Waals surface area contributed by atoms with E-state index in [-0.39, 0.29) is 25.4 Å². The van der Waals surface area contributed by atoms with Crippen LogP contribution < -0.4 is 22.1 Å². The van der Waals surface area contributed by atoms with Crippen molar-refractivity contribution < 1.29 is 19.1 Å². The van der Waals surface area contributed by atoms with Crippen LogP contribution in [-0.2, 0) is 19.1 Å². The first-order valence-electron chi connectivity index (χ1n) is 8.41. The molecule has 8 heteroatoms. The Balaban J connectivity index is -0.000000372. The number of carbonyl (C=O) groups excluding carboxylic acids is 2. The number of methoxy groups -OCH3 is 2. The minimum absolute atomic E-state index is 0. The molecule has 0 saturated heterocycles. The number of rotatable bonds is 12. The van der Waals surface area contributed by atoms with E-state index in [0.717, 1.165) is 38.6 Å². The Labute approximate surface area is 153 Å². The minimum Gasteiger partial charge on any atom is -0.468 e. The van der Waals surface area contributed by atoms with Crippen LogP contribution >= 0.6 is 0 Å². The van der Waals surface area contributed by atoms with Gasteiger partial charge in [0, 0.05) is 0 Å². The van der Waals surface area contributed by atoms with Gasteiger partial charge in [-0.3, -0.25) is 9.59 Å². The summed E-state index contributed by atoms with van der Waals surface area (Å²) in [6.45, 7) is 1.64. The summed E-state index contributed by atoms with van der Waals surface area (Å²) in [5.74, 6) is -0.519. The predicted octanol–water partition coefficient (Wildman–Crippen LogP) is 0.389. The van der Waals surface area contributed by atoms with Crippen LogP contribution in [0.25, 0.3) is 0 Å². The molecule has 6 N–H and O–H groups in total. The van der Waals surface area contributed by atoms with Crippen molar-refractivity contribution in [1.82, 2.24) is 10.6 Å². The van der Waals surface area contributed by atoms with E-state index in [9.17, 15) is 9.59 Å². The lowest BCUT2D eigenvalue weighted by Crippen LogP contribution is -2.34. The van der Waals surface area contributed by atoms with Gasteiger partial charge in [-0.25, -0.2) is 0 Å². The van der Waals surface area contributed by atoms with E-state index in [4.69, 9.17) is 11.5 Å². The molecule has 0 radical (unpaired) electrons. The van der Waals surface area contributed by atoms with E-state index in [2.05, 4.69) is 20.1 Å². The highest BCUT2D eigenvalue weighted by Crippen LogP contribution is 2.01. The Kier molecular flexibility index (Phi) is 23.8. The third kappa shape index (κ3) is 17.4. The number of hydrogen-bond donors (Lipinski definition) is 4. The normalized spacial score (nSPS) is 12.1. The highest BCUT2D eigenvalue weighted by molar-refractivity contribution is 5.75. The van der Waals surface area contributed by atoms with Gasteiger partial charge in [0.1, 0.15) is 12.1 Å². The summed E-state index contributed by atoms with van der Waals surface area (Å²) in [5.41, 5.74) is 10.8. The molecule has 0 aromatic rings. The molecular formula is C17H40N4O4. The molecule has 0 bridgehead atoms. The predicted molar refractivity (Wildman–Crippen MR) is 102 cm³/mol. The van der Waals surface area contributed by atoms with Crippen molar-refractivity contribution in [3.63, 3.8) is 0 Å². The lowest BCUT2D eigenvalue weighted by Gasteiger charge is -2.12. The van der Waals surface area contributed by atoms with Crippen molar-refractivity contribution in [2.24, 2.45) is 11.5 Å². The second kappa shape index (κ2) is 20.8. The van der Waals surface area contributed by atoms with Gasteiger partial charge >= 0.3 is 11.9 Å². The van der Waals surface area contributed by atoms with Gasteiger partial charge in [-0.1, -0.05) is 20.3 Å². The molecular weight excluding hydrogens is 324 g/mol. The molecule has 0 saturated carbocycles. The van der Waals surface area contributed by atoms with Crippen LogP contribution in [-0.4, -0.2) is 65.4 Å². The second-order valence-electron chi connectivity index (χ2n) is 5.38. The molecule has 0 aromatic carbocycles. The summed E-state index contributed by atoms with van der Waals surface area (Å²) in [4.78, 5) is 21.8. The zero-order chi connectivity index (χ0) is 18.8. The largest absolute Gasteiger partial charge is 0.468 e. The molecule has 0 aliphatic carbocycles. The number of carbonyl (C=O) groups is 2. The van der Waals surface area contributed by atoms with Crippen LogP contribution in [0.2, 0.25) is 0 Å². The van der Waals surface area contributed by atoms with Crippen LogP contribution in [0.1, 0.15) is 46.0 Å². The molecule has 8 nitrogen and oxygen atoms in total. The SMILES string of the molecule is C.CNC(CCCCN)C(=O)OC.CNCCCCC(N)C(=O)OC. The summed E-state index contributed by atoms with van der Waals surface area (Å²) < 4.78 is 9.09. The highest BCUT2D eigenvalue weighted by atomic mass is 16.5. The zero-order valence-electron chi connectivity index (χ0n) is 15.6. The summed E-state index contributed by atoms with van der Waals surface area (Å²) in [7, 11) is 6.41. The lowest BCUT2D eigenvalue weighted by molar-refractivity contribution is -0.143. The van der Waals surface area contributed by atoms with Crippen molar-refractivity contribution >= 4 is 11.9 Å². The number of nitrogens with one attached hydrogen (secondary N) is 2. The summed E-state index contributed by atoms with van der Waals surface area (Å²) in [6.07, 6.45) is 5.40. The summed E-state index contributed by atoms with van der Waals surface area (Å²) >= 11 is 0. The van der Waals surface area contributed by atoms with E-state index in [1.807, 2.05) is 7.05 Å². The maximum absolute atomic E-state index is 11.0. The fourth-order valence-corrected chi connectivity index (χ4v) is 1.95. The molecule has 0 fully saturated rings. The minimum atomic E-state index is -0.452. The monoisotopic (exact) mass is 364 g/mol. The van der Waals surface area contributed by atoms with Gasteiger partial charge in [-0.05, 0) is 52.9 Å². The molecule has 0 aliphatic rings. The average molecular weight is 365 g/mol. The number of nitrogens with two attached hydrogens (primary N) is 2. The van der Waals surface area contributed by atoms with Crippen LogP contribution in [0.4, 0.5) is 0 Å². The number of hydrogen-bond acceptors (Lipinski definition) is 8. The van der Waals surface area contributed by atoms with Crippen LogP contribution in [0, 0.1) is 0 Å². The van der Waals surface area contributed by atoms with Gasteiger partial charge in [0.15, 0.2) is 0 Å². The van der Waals surface area contributed by atoms with E-state index in [0.29, 0.717) is 13.0 Å². The number of esters is 2. The fourth-order valence-electron chi connectivity index (χ4n) is 1.95. The molecule has 152 valence electrons. The first kappa shape index (κ1) is 28.6. The Hall–Kier alpha value is -1.22. The van der Waals surface area contributed by atoms with Gasteiger partial charge in [-0.2, -0.15) is 0 Å². The molecule has 0 aliphatic heterocycles. The number of unbranched alkanes of at least 4 members (excludes halogenated alkanes) is 2. The molecule has 0 rings (SSSR count). The molecule has 25 heavy (non-hydrogen) atoms. The zero-order valence-corrected chi connectivity index (χ0v) is 15.6. The standard InChI is InChI=1S/2C8H18N2O2.CH4/c1-10-6-4-3-5-7(9)8(11)12-2;1-10-7(8(11)12-2)5-3-4-6-9;/h2*7,10H,3-6,9H2,1-2H3;1H4. The van der Waals surface area contributed by atoms with E-state index >= 15 is 0 Å². The average Bonchev–Trinajstić information content (AvgIpc) is 2.61. The molecule has 0 spiro atoms. The van der Waals surface area contributed by atoms with Crippen molar-refractivity contribution in [1.29, 1.82) is 0 Å². The van der Waals surface area contributed by atoms with Crippen LogP contribution in [0.3, 0.4) is 0 Å². The van der Waals surface area contributed by atoms with Crippen LogP contribution in [0.5, 0.6) is 0 Å². The Bertz CT molecular complexity index is 317. The van der Waals surface area contributed by atoms with Gasteiger partial charge in [0.25, 0.3) is 0 Å². The smallest absolute Gasteiger partial charge is 0.322 e. The third-order valence-electron chi connectivity index (χ3n) is 3.48. The van der Waals surface area contributed by atoms with Crippen LogP contribution in [0.15, 0.2) is 0 Å². The fraction of sp³-hybridized carbons (Fsp3) is 0.882. The molecule has 0 amide bonds. The molecule has 0 aromatic heterocycles. The van der Waals surface area contributed by atoms with E-state index < -0.39 is 6.04 Å². The Morgan fingerprint density at radius 2 is 1.52 bits per heavy atom.